The van der Waals surface area contributed by atoms with Crippen molar-refractivity contribution < 1.29 is 13.9 Å². The maximum Gasteiger partial charge on any atom is 0.246 e. The van der Waals surface area contributed by atoms with E-state index in [-0.39, 0.29) is 17.4 Å². The smallest absolute Gasteiger partial charge is 0.246 e. The number of morpholine rings is 1. The Morgan fingerprint density at radius 2 is 2.08 bits per heavy atom. The Bertz CT molecular complexity index is 739. The maximum absolute atomic E-state index is 13.3. The predicted octanol–water partition coefficient (Wildman–Crippen LogP) is 2.69. The number of amides is 1. The summed E-state index contributed by atoms with van der Waals surface area (Å²) in [6, 6.07) is 10.3. The Morgan fingerprint density at radius 1 is 1.28 bits per heavy atom. The van der Waals surface area contributed by atoms with Crippen LogP contribution in [0.15, 0.2) is 34.7 Å². The van der Waals surface area contributed by atoms with Gasteiger partial charge in [0.25, 0.3) is 0 Å². The molecule has 1 aromatic carbocycles. The molecule has 1 saturated carbocycles. The molecule has 1 saturated heterocycles. The van der Waals surface area contributed by atoms with E-state index in [1.54, 1.807) is 6.92 Å². The molecule has 0 bridgehead atoms. The van der Waals surface area contributed by atoms with Crippen molar-refractivity contribution in [2.24, 2.45) is 5.41 Å². The van der Waals surface area contributed by atoms with Gasteiger partial charge in [-0.2, -0.15) is 0 Å². The Kier molecular flexibility index (Phi) is 4.29. The molecule has 0 N–H and O–H groups in total. The van der Waals surface area contributed by atoms with E-state index in [9.17, 15) is 4.79 Å². The number of carbonyl (C=O) groups is 1. The number of aryl methyl sites for hydroxylation is 1. The lowest BCUT2D eigenvalue weighted by Crippen LogP contribution is -2.53. The Hall–Kier alpha value is -2.21. The van der Waals surface area contributed by atoms with E-state index in [1.165, 1.54) is 5.56 Å². The van der Waals surface area contributed by atoms with E-state index in [1.807, 2.05) is 23.1 Å². The molecule has 2 heterocycles. The highest BCUT2D eigenvalue weighted by molar-refractivity contribution is 5.84. The van der Waals surface area contributed by atoms with E-state index in [2.05, 4.69) is 22.3 Å². The molecule has 1 amide bonds. The maximum atomic E-state index is 13.3. The van der Waals surface area contributed by atoms with Crippen LogP contribution in [0.4, 0.5) is 0 Å². The minimum atomic E-state index is -0.326. The largest absolute Gasteiger partial charge is 0.423 e. The van der Waals surface area contributed by atoms with E-state index in [4.69, 9.17) is 9.15 Å². The molecule has 6 nitrogen and oxygen atoms in total. The first-order valence-corrected chi connectivity index (χ1v) is 8.91. The fraction of sp³-hybridized carbons (Fsp3) is 0.526. The van der Waals surface area contributed by atoms with Gasteiger partial charge in [-0.05, 0) is 24.8 Å². The summed E-state index contributed by atoms with van der Waals surface area (Å²) in [5.74, 6) is 1.22. The molecular formula is C19H23N3O3. The highest BCUT2D eigenvalue weighted by Gasteiger charge is 2.47. The van der Waals surface area contributed by atoms with Crippen molar-refractivity contribution in [3.63, 3.8) is 0 Å². The summed E-state index contributed by atoms with van der Waals surface area (Å²) < 4.78 is 11.2. The van der Waals surface area contributed by atoms with Crippen LogP contribution < -0.4 is 0 Å². The van der Waals surface area contributed by atoms with Crippen molar-refractivity contribution >= 4 is 5.91 Å². The number of aromatic nitrogens is 2. The predicted molar refractivity (Wildman–Crippen MR) is 90.7 cm³/mol. The van der Waals surface area contributed by atoms with Crippen molar-refractivity contribution in [1.29, 1.82) is 0 Å². The standard InChI is InChI=1S/C19H23N3O3/c1-14-20-21-17(25-14)16-13-22(10-11-24-16)18(23)19(8-5-9-19)12-15-6-3-2-4-7-15/h2-4,6-7,16H,5,8-13H2,1H3/t16-/m1/s1. The second kappa shape index (κ2) is 6.59. The third-order valence-corrected chi connectivity index (χ3v) is 5.32. The first-order valence-electron chi connectivity index (χ1n) is 8.91. The molecule has 1 atom stereocenters. The van der Waals surface area contributed by atoms with Gasteiger partial charge in [-0.1, -0.05) is 36.8 Å². The first-order chi connectivity index (χ1) is 12.2. The first kappa shape index (κ1) is 16.3. The van der Waals surface area contributed by atoms with Crippen molar-refractivity contribution in [2.75, 3.05) is 19.7 Å². The van der Waals surface area contributed by atoms with Crippen LogP contribution in [-0.2, 0) is 16.0 Å². The number of hydrogen-bond acceptors (Lipinski definition) is 5. The molecule has 2 aliphatic rings. The highest BCUT2D eigenvalue weighted by Crippen LogP contribution is 2.45. The monoisotopic (exact) mass is 341 g/mol. The van der Waals surface area contributed by atoms with E-state index in [0.29, 0.717) is 31.5 Å². The Morgan fingerprint density at radius 3 is 2.72 bits per heavy atom. The SMILES string of the molecule is Cc1nnc([C@H]2CN(C(=O)C3(Cc4ccccc4)CCC3)CCO2)o1. The molecule has 2 fully saturated rings. The summed E-state index contributed by atoms with van der Waals surface area (Å²) in [4.78, 5) is 15.2. The molecule has 2 aromatic rings. The van der Waals surface area contributed by atoms with Gasteiger partial charge in [-0.25, -0.2) is 0 Å². The number of rotatable bonds is 4. The molecule has 1 aliphatic carbocycles. The van der Waals surface area contributed by atoms with Crippen molar-refractivity contribution in [1.82, 2.24) is 15.1 Å². The Balaban J connectivity index is 1.49. The lowest BCUT2D eigenvalue weighted by Gasteiger charge is -2.45. The van der Waals surface area contributed by atoms with Crippen LogP contribution in [0.1, 0.15) is 42.7 Å². The normalized spacial score (nSPS) is 22.4. The summed E-state index contributed by atoms with van der Waals surface area (Å²) in [6.07, 6.45) is 3.53. The van der Waals surface area contributed by atoms with Gasteiger partial charge in [0.05, 0.1) is 18.6 Å². The van der Waals surface area contributed by atoms with Crippen LogP contribution in [0.25, 0.3) is 0 Å². The van der Waals surface area contributed by atoms with Crippen molar-refractivity contribution in [2.45, 2.75) is 38.7 Å². The number of nitrogens with zero attached hydrogens (tertiary/aromatic N) is 3. The van der Waals surface area contributed by atoms with Crippen LogP contribution in [-0.4, -0.2) is 40.7 Å². The average Bonchev–Trinajstić information content (AvgIpc) is 3.05. The van der Waals surface area contributed by atoms with Gasteiger partial charge in [0, 0.05) is 13.5 Å². The summed E-state index contributed by atoms with van der Waals surface area (Å²) in [6.45, 7) is 3.36. The van der Waals surface area contributed by atoms with E-state index < -0.39 is 0 Å². The zero-order valence-corrected chi connectivity index (χ0v) is 14.5. The summed E-state index contributed by atoms with van der Waals surface area (Å²) in [7, 11) is 0. The van der Waals surface area contributed by atoms with Gasteiger partial charge in [-0.3, -0.25) is 4.79 Å². The molecule has 0 spiro atoms. The van der Waals surface area contributed by atoms with Crippen molar-refractivity contribution in [3.05, 3.63) is 47.7 Å². The van der Waals surface area contributed by atoms with Crippen LogP contribution in [0.5, 0.6) is 0 Å². The summed E-state index contributed by atoms with van der Waals surface area (Å²) in [5.41, 5.74) is 0.974. The molecule has 0 unspecified atom stereocenters. The molecule has 6 heteroatoms. The Labute approximate surface area is 147 Å². The van der Waals surface area contributed by atoms with Gasteiger partial charge in [-0.15, -0.1) is 10.2 Å². The number of benzene rings is 1. The van der Waals surface area contributed by atoms with Gasteiger partial charge < -0.3 is 14.1 Å². The fourth-order valence-electron chi connectivity index (χ4n) is 3.82. The minimum Gasteiger partial charge on any atom is -0.423 e. The summed E-state index contributed by atoms with van der Waals surface area (Å²) in [5, 5.41) is 7.91. The topological polar surface area (TPSA) is 68.5 Å². The average molecular weight is 341 g/mol. The van der Waals surface area contributed by atoms with Crippen LogP contribution in [0.3, 0.4) is 0 Å². The minimum absolute atomic E-state index is 0.243. The molecule has 4 rings (SSSR count). The van der Waals surface area contributed by atoms with E-state index in [0.717, 1.165) is 25.7 Å². The highest BCUT2D eigenvalue weighted by atomic mass is 16.5. The second-order valence-corrected chi connectivity index (χ2v) is 7.07. The molecule has 0 radical (unpaired) electrons. The number of carbonyl (C=O) groups excluding carboxylic acids is 1. The van der Waals surface area contributed by atoms with Crippen molar-refractivity contribution in [3.8, 4) is 0 Å². The molecular weight excluding hydrogens is 318 g/mol. The van der Waals surface area contributed by atoms with Gasteiger partial charge in [0.1, 0.15) is 0 Å². The summed E-state index contributed by atoms with van der Waals surface area (Å²) >= 11 is 0. The number of hydrogen-bond donors (Lipinski definition) is 0. The van der Waals surface area contributed by atoms with Gasteiger partial charge in [0.15, 0.2) is 6.10 Å². The van der Waals surface area contributed by atoms with Crippen LogP contribution in [0, 0.1) is 12.3 Å². The van der Waals surface area contributed by atoms with Gasteiger partial charge in [0.2, 0.25) is 17.7 Å². The zero-order valence-electron chi connectivity index (χ0n) is 14.5. The molecule has 1 aromatic heterocycles. The zero-order chi connectivity index (χ0) is 17.3. The molecule has 132 valence electrons. The van der Waals surface area contributed by atoms with E-state index >= 15 is 0 Å². The quantitative estimate of drug-likeness (QED) is 0.855. The second-order valence-electron chi connectivity index (χ2n) is 7.07. The lowest BCUT2D eigenvalue weighted by molar-refractivity contribution is -0.156. The molecule has 25 heavy (non-hydrogen) atoms. The lowest BCUT2D eigenvalue weighted by atomic mass is 9.64. The third-order valence-electron chi connectivity index (χ3n) is 5.32. The van der Waals surface area contributed by atoms with Gasteiger partial charge >= 0.3 is 0 Å². The molecule has 1 aliphatic heterocycles. The fourth-order valence-corrected chi connectivity index (χ4v) is 3.82. The third kappa shape index (κ3) is 3.18. The van der Waals surface area contributed by atoms with Crippen LogP contribution >= 0.6 is 0 Å². The number of ether oxygens (including phenoxy) is 1. The van der Waals surface area contributed by atoms with Crippen LogP contribution in [0.2, 0.25) is 0 Å².